The highest BCUT2D eigenvalue weighted by molar-refractivity contribution is 5.87. The zero-order valence-corrected chi connectivity index (χ0v) is 11.2. The lowest BCUT2D eigenvalue weighted by molar-refractivity contribution is 0.0696. The molecular weight excluding hydrogens is 242 g/mol. The fourth-order valence-electron chi connectivity index (χ4n) is 2.47. The Morgan fingerprint density at radius 1 is 1.37 bits per heavy atom. The average Bonchev–Trinajstić information content (AvgIpc) is 2.41. The Kier molecular flexibility index (Phi) is 4.52. The number of carboxylic acid groups (broad SMARTS) is 1. The molecule has 0 amide bonds. The van der Waals surface area contributed by atoms with Gasteiger partial charge in [-0.2, -0.15) is 0 Å². The van der Waals surface area contributed by atoms with Crippen molar-refractivity contribution in [3.8, 4) is 0 Å². The minimum absolute atomic E-state index is 0.331. The van der Waals surface area contributed by atoms with E-state index in [2.05, 4.69) is 16.8 Å². The molecule has 1 aromatic carbocycles. The van der Waals surface area contributed by atoms with Crippen LogP contribution < -0.4 is 5.73 Å². The summed E-state index contributed by atoms with van der Waals surface area (Å²) in [4.78, 5) is 15.5. The molecule has 0 saturated carbocycles. The van der Waals surface area contributed by atoms with Gasteiger partial charge < -0.3 is 15.7 Å². The van der Waals surface area contributed by atoms with Crippen LogP contribution in [0.3, 0.4) is 0 Å². The minimum Gasteiger partial charge on any atom is -0.478 e. The number of nitrogens with zero attached hydrogens (tertiary/aromatic N) is 2. The van der Waals surface area contributed by atoms with Gasteiger partial charge in [0, 0.05) is 38.8 Å². The summed E-state index contributed by atoms with van der Waals surface area (Å²) in [6.45, 7) is 4.51. The molecule has 1 aliphatic rings. The smallest absolute Gasteiger partial charge is 0.335 e. The first-order valence-electron chi connectivity index (χ1n) is 6.55. The number of carboxylic acids is 1. The quantitative estimate of drug-likeness (QED) is 0.826. The molecule has 2 rings (SSSR count). The lowest BCUT2D eigenvalue weighted by atomic mass is 10.1. The van der Waals surface area contributed by atoms with Gasteiger partial charge in [-0.3, -0.25) is 4.90 Å². The van der Waals surface area contributed by atoms with Gasteiger partial charge in [0.05, 0.1) is 5.56 Å². The Morgan fingerprint density at radius 3 is 2.63 bits per heavy atom. The van der Waals surface area contributed by atoms with Gasteiger partial charge in [-0.05, 0) is 24.7 Å². The van der Waals surface area contributed by atoms with E-state index in [0.717, 1.165) is 31.7 Å². The highest BCUT2D eigenvalue weighted by atomic mass is 16.4. The molecule has 5 nitrogen and oxygen atoms in total. The SMILES string of the molecule is CN1CCN(Cc2ccc(C(=O)O)cc2)C(CN)C1. The predicted octanol–water partition coefficient (Wildman–Crippen LogP) is 0.460. The van der Waals surface area contributed by atoms with E-state index >= 15 is 0 Å². The second-order valence-electron chi connectivity index (χ2n) is 5.12. The van der Waals surface area contributed by atoms with Crippen LogP contribution in [-0.4, -0.2) is 60.1 Å². The standard InChI is InChI=1S/C14H21N3O2/c1-16-6-7-17(13(8-15)10-16)9-11-2-4-12(5-3-11)14(18)19/h2-5,13H,6-10,15H2,1H3,(H,18,19). The number of likely N-dealkylation sites (N-methyl/N-ethyl adjacent to an activating group) is 1. The van der Waals surface area contributed by atoms with Gasteiger partial charge in [-0.25, -0.2) is 4.79 Å². The summed E-state index contributed by atoms with van der Waals surface area (Å²) >= 11 is 0. The third kappa shape index (κ3) is 3.53. The largest absolute Gasteiger partial charge is 0.478 e. The van der Waals surface area contributed by atoms with Crippen molar-refractivity contribution in [3.63, 3.8) is 0 Å². The fourth-order valence-corrected chi connectivity index (χ4v) is 2.47. The second-order valence-corrected chi connectivity index (χ2v) is 5.12. The van der Waals surface area contributed by atoms with Gasteiger partial charge in [0.25, 0.3) is 0 Å². The van der Waals surface area contributed by atoms with E-state index in [1.807, 2.05) is 12.1 Å². The number of rotatable bonds is 4. The van der Waals surface area contributed by atoms with E-state index in [-0.39, 0.29) is 0 Å². The summed E-state index contributed by atoms with van der Waals surface area (Å²) < 4.78 is 0. The molecule has 1 heterocycles. The van der Waals surface area contributed by atoms with E-state index in [1.165, 1.54) is 0 Å². The molecular formula is C14H21N3O2. The number of hydrogen-bond donors (Lipinski definition) is 2. The highest BCUT2D eigenvalue weighted by Gasteiger charge is 2.23. The minimum atomic E-state index is -0.883. The predicted molar refractivity (Wildman–Crippen MR) is 74.2 cm³/mol. The number of carbonyl (C=O) groups is 1. The number of hydrogen-bond acceptors (Lipinski definition) is 4. The van der Waals surface area contributed by atoms with Gasteiger partial charge in [0.15, 0.2) is 0 Å². The maximum absolute atomic E-state index is 10.8. The summed E-state index contributed by atoms with van der Waals surface area (Å²) in [5, 5.41) is 8.87. The van der Waals surface area contributed by atoms with Crippen molar-refractivity contribution >= 4 is 5.97 Å². The summed E-state index contributed by atoms with van der Waals surface area (Å²) in [5.74, 6) is -0.883. The maximum atomic E-state index is 10.8. The molecule has 19 heavy (non-hydrogen) atoms. The Hall–Kier alpha value is -1.43. The lowest BCUT2D eigenvalue weighted by Crippen LogP contribution is -2.54. The molecule has 1 aliphatic heterocycles. The van der Waals surface area contributed by atoms with Crippen molar-refractivity contribution in [2.75, 3.05) is 33.2 Å². The molecule has 0 aromatic heterocycles. The van der Waals surface area contributed by atoms with Crippen LogP contribution in [0.25, 0.3) is 0 Å². The van der Waals surface area contributed by atoms with E-state index in [4.69, 9.17) is 10.8 Å². The Labute approximate surface area is 113 Å². The summed E-state index contributed by atoms with van der Waals surface area (Å²) in [7, 11) is 2.11. The molecule has 1 fully saturated rings. The Balaban J connectivity index is 2.01. The highest BCUT2D eigenvalue weighted by Crippen LogP contribution is 2.13. The molecule has 1 unspecified atom stereocenters. The summed E-state index contributed by atoms with van der Waals surface area (Å²) in [6.07, 6.45) is 0. The molecule has 1 saturated heterocycles. The zero-order valence-electron chi connectivity index (χ0n) is 11.2. The van der Waals surface area contributed by atoms with Crippen LogP contribution in [0.5, 0.6) is 0 Å². The molecule has 3 N–H and O–H groups in total. The molecule has 1 aromatic rings. The molecule has 0 radical (unpaired) electrons. The lowest BCUT2D eigenvalue weighted by Gasteiger charge is -2.39. The van der Waals surface area contributed by atoms with Crippen LogP contribution in [0, 0.1) is 0 Å². The molecule has 1 atom stereocenters. The Bertz CT molecular complexity index is 433. The maximum Gasteiger partial charge on any atom is 0.335 e. The van der Waals surface area contributed by atoms with E-state index < -0.39 is 5.97 Å². The third-order valence-corrected chi connectivity index (χ3v) is 3.67. The van der Waals surface area contributed by atoms with Crippen LogP contribution in [0.4, 0.5) is 0 Å². The van der Waals surface area contributed by atoms with Crippen LogP contribution >= 0.6 is 0 Å². The Morgan fingerprint density at radius 2 is 2.05 bits per heavy atom. The summed E-state index contributed by atoms with van der Waals surface area (Å²) in [6, 6.07) is 7.46. The van der Waals surface area contributed by atoms with Crippen molar-refractivity contribution in [2.24, 2.45) is 5.73 Å². The van der Waals surface area contributed by atoms with Crippen LogP contribution in [-0.2, 0) is 6.54 Å². The molecule has 0 bridgehead atoms. The third-order valence-electron chi connectivity index (χ3n) is 3.67. The molecule has 0 spiro atoms. The van der Waals surface area contributed by atoms with Crippen molar-refractivity contribution < 1.29 is 9.90 Å². The van der Waals surface area contributed by atoms with Gasteiger partial charge in [-0.15, -0.1) is 0 Å². The first-order chi connectivity index (χ1) is 9.10. The normalized spacial score (nSPS) is 21.5. The van der Waals surface area contributed by atoms with E-state index in [0.29, 0.717) is 18.2 Å². The zero-order chi connectivity index (χ0) is 13.8. The topological polar surface area (TPSA) is 69.8 Å². The van der Waals surface area contributed by atoms with Crippen molar-refractivity contribution in [1.82, 2.24) is 9.80 Å². The fraction of sp³-hybridized carbons (Fsp3) is 0.500. The second kappa shape index (κ2) is 6.14. The monoisotopic (exact) mass is 263 g/mol. The van der Waals surface area contributed by atoms with Gasteiger partial charge >= 0.3 is 5.97 Å². The van der Waals surface area contributed by atoms with Gasteiger partial charge in [0.2, 0.25) is 0 Å². The van der Waals surface area contributed by atoms with Crippen molar-refractivity contribution in [1.29, 1.82) is 0 Å². The van der Waals surface area contributed by atoms with E-state index in [9.17, 15) is 4.79 Å². The molecule has 5 heteroatoms. The van der Waals surface area contributed by atoms with Crippen LogP contribution in [0.15, 0.2) is 24.3 Å². The average molecular weight is 263 g/mol. The van der Waals surface area contributed by atoms with Crippen molar-refractivity contribution in [3.05, 3.63) is 35.4 Å². The number of piperazine rings is 1. The first-order valence-corrected chi connectivity index (χ1v) is 6.55. The van der Waals surface area contributed by atoms with E-state index in [1.54, 1.807) is 12.1 Å². The van der Waals surface area contributed by atoms with Gasteiger partial charge in [-0.1, -0.05) is 12.1 Å². The molecule has 0 aliphatic carbocycles. The molecule has 104 valence electrons. The number of benzene rings is 1. The van der Waals surface area contributed by atoms with Crippen molar-refractivity contribution in [2.45, 2.75) is 12.6 Å². The number of nitrogens with two attached hydrogens (primary N) is 1. The van der Waals surface area contributed by atoms with Crippen LogP contribution in [0.2, 0.25) is 0 Å². The number of aromatic carboxylic acids is 1. The van der Waals surface area contributed by atoms with Crippen LogP contribution in [0.1, 0.15) is 15.9 Å². The summed E-state index contributed by atoms with van der Waals surface area (Å²) in [5.41, 5.74) is 7.29. The van der Waals surface area contributed by atoms with Gasteiger partial charge in [0.1, 0.15) is 0 Å². The first kappa shape index (κ1) is 14.0.